The zero-order valence-electron chi connectivity index (χ0n) is 9.25. The van der Waals surface area contributed by atoms with Crippen LogP contribution < -0.4 is 5.73 Å². The van der Waals surface area contributed by atoms with Crippen LogP contribution in [0, 0.1) is 12.7 Å². The fraction of sp³-hybridized carbons (Fsp3) is 0.364. The number of methoxy groups -OCH3 is 1. The summed E-state index contributed by atoms with van der Waals surface area (Å²) < 4.78 is 17.6. The Morgan fingerprint density at radius 2 is 2.25 bits per heavy atom. The number of nitrogens with two attached hydrogens (primary N) is 1. The summed E-state index contributed by atoms with van der Waals surface area (Å²) in [4.78, 5) is 11.7. The Kier molecular flexibility index (Phi) is 4.61. The van der Waals surface area contributed by atoms with E-state index in [1.165, 1.54) is 24.9 Å². The lowest BCUT2D eigenvalue weighted by atomic mass is 10.2. The van der Waals surface area contributed by atoms with Crippen LogP contribution >= 0.6 is 11.8 Å². The van der Waals surface area contributed by atoms with Crippen molar-refractivity contribution in [2.75, 3.05) is 18.6 Å². The lowest BCUT2D eigenvalue weighted by molar-refractivity contribution is -0.140. The molecule has 1 aromatic carbocycles. The smallest absolute Gasteiger partial charge is 0.306 e. The van der Waals surface area contributed by atoms with E-state index in [1.807, 2.05) is 0 Å². The second-order valence-corrected chi connectivity index (χ2v) is 4.45. The number of thioether (sulfide) groups is 1. The molecule has 0 fully saturated rings. The van der Waals surface area contributed by atoms with Crippen LogP contribution in [0.15, 0.2) is 17.0 Å². The van der Waals surface area contributed by atoms with Crippen molar-refractivity contribution >= 4 is 23.4 Å². The quantitative estimate of drug-likeness (QED) is 0.501. The molecule has 0 aromatic heterocycles. The Bertz CT molecular complexity index is 396. The summed E-state index contributed by atoms with van der Waals surface area (Å²) >= 11 is 1.42. The summed E-state index contributed by atoms with van der Waals surface area (Å²) in [6, 6.07) is 2.99. The number of benzene rings is 1. The minimum atomic E-state index is -0.310. The summed E-state index contributed by atoms with van der Waals surface area (Å²) in [6.07, 6.45) is 0.316. The van der Waals surface area contributed by atoms with Crippen molar-refractivity contribution in [2.24, 2.45) is 0 Å². The summed E-state index contributed by atoms with van der Waals surface area (Å²) in [5.74, 6) is 0.00167. The number of halogens is 1. The van der Waals surface area contributed by atoms with Gasteiger partial charge in [-0.3, -0.25) is 4.79 Å². The highest BCUT2D eigenvalue weighted by molar-refractivity contribution is 7.99. The second kappa shape index (κ2) is 5.75. The Hall–Kier alpha value is -1.23. The van der Waals surface area contributed by atoms with Gasteiger partial charge in [0.1, 0.15) is 5.82 Å². The molecule has 88 valence electrons. The number of aryl methyl sites for hydroxylation is 1. The molecule has 3 nitrogen and oxygen atoms in total. The normalized spacial score (nSPS) is 10.2. The Morgan fingerprint density at radius 3 is 2.88 bits per heavy atom. The number of anilines is 1. The summed E-state index contributed by atoms with van der Waals surface area (Å²) in [5, 5.41) is 0. The van der Waals surface area contributed by atoms with Crippen LogP contribution in [0.25, 0.3) is 0 Å². The van der Waals surface area contributed by atoms with Crippen molar-refractivity contribution in [3.05, 3.63) is 23.5 Å². The minimum Gasteiger partial charge on any atom is -0.469 e. The molecule has 0 heterocycles. The highest BCUT2D eigenvalue weighted by Crippen LogP contribution is 2.28. The molecule has 0 unspecified atom stereocenters. The topological polar surface area (TPSA) is 52.3 Å². The van der Waals surface area contributed by atoms with E-state index < -0.39 is 0 Å². The molecule has 0 aliphatic rings. The lowest BCUT2D eigenvalue weighted by Gasteiger charge is -2.07. The van der Waals surface area contributed by atoms with Crippen LogP contribution in [0.1, 0.15) is 12.0 Å². The molecule has 0 aliphatic carbocycles. The molecule has 5 heteroatoms. The Labute approximate surface area is 98.2 Å². The van der Waals surface area contributed by atoms with Gasteiger partial charge in [-0.05, 0) is 24.6 Å². The average molecular weight is 243 g/mol. The minimum absolute atomic E-state index is 0.259. The van der Waals surface area contributed by atoms with Gasteiger partial charge in [-0.2, -0.15) is 0 Å². The standard InChI is InChI=1S/C11H14FNO2S/c1-7-5-10(9(13)6-8(7)12)16-4-3-11(14)15-2/h5-6H,3-4,13H2,1-2H3. The highest BCUT2D eigenvalue weighted by Gasteiger charge is 2.07. The largest absolute Gasteiger partial charge is 0.469 e. The number of esters is 1. The van der Waals surface area contributed by atoms with Crippen molar-refractivity contribution in [3.8, 4) is 0 Å². The molecule has 0 aliphatic heterocycles. The fourth-order valence-electron chi connectivity index (χ4n) is 1.14. The van der Waals surface area contributed by atoms with E-state index in [2.05, 4.69) is 4.74 Å². The van der Waals surface area contributed by atoms with Crippen LogP contribution in [0.2, 0.25) is 0 Å². The highest BCUT2D eigenvalue weighted by atomic mass is 32.2. The van der Waals surface area contributed by atoms with Gasteiger partial charge in [-0.1, -0.05) is 0 Å². The van der Waals surface area contributed by atoms with Gasteiger partial charge >= 0.3 is 5.97 Å². The van der Waals surface area contributed by atoms with E-state index in [0.717, 1.165) is 4.90 Å². The summed E-state index contributed by atoms with van der Waals surface area (Å²) in [5.41, 5.74) is 6.61. The van der Waals surface area contributed by atoms with Gasteiger partial charge in [0, 0.05) is 16.3 Å². The summed E-state index contributed by atoms with van der Waals surface area (Å²) in [7, 11) is 1.35. The molecule has 1 rings (SSSR count). The van der Waals surface area contributed by atoms with E-state index in [-0.39, 0.29) is 11.8 Å². The molecule has 0 saturated heterocycles. The van der Waals surface area contributed by atoms with E-state index in [0.29, 0.717) is 23.4 Å². The van der Waals surface area contributed by atoms with Gasteiger partial charge in [-0.15, -0.1) is 11.8 Å². The third kappa shape index (κ3) is 3.41. The Morgan fingerprint density at radius 1 is 1.56 bits per heavy atom. The number of rotatable bonds is 4. The van der Waals surface area contributed by atoms with E-state index in [1.54, 1.807) is 13.0 Å². The van der Waals surface area contributed by atoms with Gasteiger partial charge < -0.3 is 10.5 Å². The van der Waals surface area contributed by atoms with Crippen molar-refractivity contribution in [1.82, 2.24) is 0 Å². The Balaban J connectivity index is 2.60. The van der Waals surface area contributed by atoms with E-state index in [4.69, 9.17) is 5.73 Å². The zero-order chi connectivity index (χ0) is 12.1. The van der Waals surface area contributed by atoms with Gasteiger partial charge in [0.15, 0.2) is 0 Å². The van der Waals surface area contributed by atoms with E-state index >= 15 is 0 Å². The second-order valence-electron chi connectivity index (χ2n) is 3.31. The predicted octanol–water partition coefficient (Wildman–Crippen LogP) is 2.37. The van der Waals surface area contributed by atoms with Crippen molar-refractivity contribution in [2.45, 2.75) is 18.2 Å². The third-order valence-electron chi connectivity index (χ3n) is 2.08. The van der Waals surface area contributed by atoms with Gasteiger partial charge in [0.25, 0.3) is 0 Å². The van der Waals surface area contributed by atoms with Crippen LogP contribution in [-0.4, -0.2) is 18.8 Å². The molecule has 0 atom stereocenters. The first-order valence-corrected chi connectivity index (χ1v) is 5.78. The maximum absolute atomic E-state index is 13.1. The maximum atomic E-state index is 13.1. The molecule has 2 N–H and O–H groups in total. The van der Waals surface area contributed by atoms with Crippen LogP contribution in [0.3, 0.4) is 0 Å². The molecule has 0 saturated carbocycles. The predicted molar refractivity (Wildman–Crippen MR) is 62.9 cm³/mol. The average Bonchev–Trinajstić information content (AvgIpc) is 2.25. The van der Waals surface area contributed by atoms with Gasteiger partial charge in [-0.25, -0.2) is 4.39 Å². The lowest BCUT2D eigenvalue weighted by Crippen LogP contribution is -2.01. The third-order valence-corrected chi connectivity index (χ3v) is 3.16. The monoisotopic (exact) mass is 243 g/mol. The van der Waals surface area contributed by atoms with Crippen molar-refractivity contribution in [3.63, 3.8) is 0 Å². The molecule has 0 spiro atoms. The number of ether oxygens (including phenoxy) is 1. The number of hydrogen-bond donors (Lipinski definition) is 1. The van der Waals surface area contributed by atoms with Crippen LogP contribution in [0.5, 0.6) is 0 Å². The number of carbonyl (C=O) groups excluding carboxylic acids is 1. The first-order valence-electron chi connectivity index (χ1n) is 4.80. The van der Waals surface area contributed by atoms with Crippen LogP contribution in [-0.2, 0) is 9.53 Å². The van der Waals surface area contributed by atoms with E-state index in [9.17, 15) is 9.18 Å². The first-order chi connectivity index (χ1) is 7.54. The molecule has 16 heavy (non-hydrogen) atoms. The molecular weight excluding hydrogens is 229 g/mol. The number of hydrogen-bond acceptors (Lipinski definition) is 4. The molecular formula is C11H14FNO2S. The van der Waals surface area contributed by atoms with Crippen molar-refractivity contribution in [1.29, 1.82) is 0 Å². The first kappa shape index (κ1) is 12.8. The fourth-order valence-corrected chi connectivity index (χ4v) is 2.12. The van der Waals surface area contributed by atoms with Gasteiger partial charge in [0.05, 0.1) is 13.5 Å². The molecule has 0 radical (unpaired) electrons. The zero-order valence-corrected chi connectivity index (χ0v) is 10.1. The maximum Gasteiger partial charge on any atom is 0.306 e. The van der Waals surface area contributed by atoms with Gasteiger partial charge in [0.2, 0.25) is 0 Å². The van der Waals surface area contributed by atoms with Crippen molar-refractivity contribution < 1.29 is 13.9 Å². The molecule has 0 bridgehead atoms. The molecule has 1 aromatic rings. The SMILES string of the molecule is COC(=O)CCSc1cc(C)c(F)cc1N. The number of nitrogen functional groups attached to an aromatic ring is 1. The van der Waals surface area contributed by atoms with Crippen LogP contribution in [0.4, 0.5) is 10.1 Å². The molecule has 0 amide bonds. The summed E-state index contributed by atoms with van der Waals surface area (Å²) in [6.45, 7) is 1.68. The number of carbonyl (C=O) groups is 1.